The van der Waals surface area contributed by atoms with Crippen molar-refractivity contribution < 1.29 is 4.74 Å². The average Bonchev–Trinajstić information content (AvgIpc) is 2.72. The maximum atomic E-state index is 5.69. The van der Waals surface area contributed by atoms with Crippen LogP contribution in [0.25, 0.3) is 0 Å². The van der Waals surface area contributed by atoms with Gasteiger partial charge in [-0.15, -0.1) is 0 Å². The summed E-state index contributed by atoms with van der Waals surface area (Å²) in [6.07, 6.45) is 1.02. The molecule has 3 unspecified atom stereocenters. The maximum absolute atomic E-state index is 5.69. The first kappa shape index (κ1) is 12.4. The van der Waals surface area contributed by atoms with E-state index in [9.17, 15) is 0 Å². The van der Waals surface area contributed by atoms with E-state index in [1.807, 2.05) is 12.1 Å². The van der Waals surface area contributed by atoms with Crippen molar-refractivity contribution in [1.29, 1.82) is 0 Å². The fraction of sp³-hybridized carbons (Fsp3) is 0.538. The fourth-order valence-corrected chi connectivity index (χ4v) is 2.50. The fourth-order valence-electron chi connectivity index (χ4n) is 2.50. The van der Waals surface area contributed by atoms with E-state index in [-0.39, 0.29) is 0 Å². The Morgan fingerprint density at radius 3 is 2.88 bits per heavy atom. The van der Waals surface area contributed by atoms with Gasteiger partial charge < -0.3 is 10.5 Å². The molecule has 3 atom stereocenters. The summed E-state index contributed by atoms with van der Waals surface area (Å²) >= 11 is 0. The Balaban J connectivity index is 2.19. The van der Waals surface area contributed by atoms with Crippen molar-refractivity contribution in [2.75, 3.05) is 13.7 Å². The van der Waals surface area contributed by atoms with Crippen LogP contribution in [0.15, 0.2) is 24.3 Å². The molecule has 1 aromatic carbocycles. The van der Waals surface area contributed by atoms with Crippen LogP contribution in [-0.4, -0.2) is 19.7 Å². The van der Waals surface area contributed by atoms with Gasteiger partial charge in [-0.25, -0.2) is 5.43 Å². The topological polar surface area (TPSA) is 59.3 Å². The third-order valence-corrected chi connectivity index (χ3v) is 3.49. The van der Waals surface area contributed by atoms with Crippen LogP contribution in [-0.2, 0) is 0 Å². The van der Waals surface area contributed by atoms with Gasteiger partial charge in [-0.2, -0.15) is 0 Å². The van der Waals surface area contributed by atoms with Crippen molar-refractivity contribution in [2.45, 2.75) is 25.4 Å². The minimum absolute atomic E-state index is 0.309. The summed E-state index contributed by atoms with van der Waals surface area (Å²) in [7, 11) is 1.69. The van der Waals surface area contributed by atoms with Crippen molar-refractivity contribution in [1.82, 2.24) is 10.9 Å². The summed E-state index contributed by atoms with van der Waals surface area (Å²) < 4.78 is 5.26. The molecule has 17 heavy (non-hydrogen) atoms. The first-order chi connectivity index (χ1) is 8.26. The molecule has 4 nitrogen and oxygen atoms in total. The maximum Gasteiger partial charge on any atom is 0.119 e. The number of methoxy groups -OCH3 is 1. The standard InChI is InChI=1S/C13H21N3O/c1-9-12(6-7-14)13(16-15-9)10-4-3-5-11(8-10)17-2/h3-5,8-9,12-13,15-16H,6-7,14H2,1-2H3. The summed E-state index contributed by atoms with van der Waals surface area (Å²) in [5.74, 6) is 1.42. The number of hydrogen-bond donors (Lipinski definition) is 3. The van der Waals surface area contributed by atoms with Crippen LogP contribution in [0.3, 0.4) is 0 Å². The number of nitrogens with one attached hydrogen (secondary N) is 2. The first-order valence-corrected chi connectivity index (χ1v) is 6.11. The molecule has 1 fully saturated rings. The highest BCUT2D eigenvalue weighted by Crippen LogP contribution is 2.32. The number of hydrazine groups is 1. The van der Waals surface area contributed by atoms with E-state index in [1.54, 1.807) is 7.11 Å². The lowest BCUT2D eigenvalue weighted by Crippen LogP contribution is -2.29. The first-order valence-electron chi connectivity index (χ1n) is 6.11. The van der Waals surface area contributed by atoms with Gasteiger partial charge in [-0.1, -0.05) is 12.1 Å². The second kappa shape index (κ2) is 5.49. The molecule has 2 rings (SSSR count). The highest BCUT2D eigenvalue weighted by Gasteiger charge is 2.33. The van der Waals surface area contributed by atoms with Crippen molar-refractivity contribution in [3.8, 4) is 5.75 Å². The molecule has 0 amide bonds. The highest BCUT2D eigenvalue weighted by atomic mass is 16.5. The van der Waals surface area contributed by atoms with Gasteiger partial charge in [0.1, 0.15) is 5.75 Å². The van der Waals surface area contributed by atoms with Crippen LogP contribution in [0.2, 0.25) is 0 Å². The number of hydrogen-bond acceptors (Lipinski definition) is 4. The van der Waals surface area contributed by atoms with Crippen LogP contribution in [0, 0.1) is 5.92 Å². The van der Waals surface area contributed by atoms with Crippen molar-refractivity contribution in [3.63, 3.8) is 0 Å². The quantitative estimate of drug-likeness (QED) is 0.734. The third kappa shape index (κ3) is 2.60. The molecule has 1 aromatic rings. The van der Waals surface area contributed by atoms with Crippen LogP contribution in [0.5, 0.6) is 5.75 Å². The molecule has 1 saturated heterocycles. The van der Waals surface area contributed by atoms with E-state index in [2.05, 4.69) is 29.9 Å². The molecule has 1 aliphatic rings. The molecule has 0 aliphatic carbocycles. The van der Waals surface area contributed by atoms with E-state index >= 15 is 0 Å². The van der Waals surface area contributed by atoms with E-state index in [4.69, 9.17) is 10.5 Å². The number of nitrogens with two attached hydrogens (primary N) is 1. The molecule has 0 spiro atoms. The Labute approximate surface area is 103 Å². The lowest BCUT2D eigenvalue weighted by molar-refractivity contribution is 0.400. The molecule has 0 saturated carbocycles. The smallest absolute Gasteiger partial charge is 0.119 e. The van der Waals surface area contributed by atoms with Gasteiger partial charge in [0.05, 0.1) is 13.2 Å². The minimum atomic E-state index is 0.309. The van der Waals surface area contributed by atoms with Gasteiger partial charge in [-0.05, 0) is 43.5 Å². The average molecular weight is 235 g/mol. The van der Waals surface area contributed by atoms with Crippen LogP contribution in [0.1, 0.15) is 24.9 Å². The Hall–Kier alpha value is -1.10. The van der Waals surface area contributed by atoms with Crippen molar-refractivity contribution in [2.24, 2.45) is 11.7 Å². The summed E-state index contributed by atoms with van der Waals surface area (Å²) in [5.41, 5.74) is 13.6. The van der Waals surface area contributed by atoms with E-state index in [0.29, 0.717) is 18.0 Å². The van der Waals surface area contributed by atoms with Crippen LogP contribution < -0.4 is 21.3 Å². The lowest BCUT2D eigenvalue weighted by Gasteiger charge is -2.20. The second-order valence-electron chi connectivity index (χ2n) is 4.57. The molecule has 0 aromatic heterocycles. The summed E-state index contributed by atoms with van der Waals surface area (Å²) in [5, 5.41) is 0. The predicted molar refractivity (Wildman–Crippen MR) is 68.6 cm³/mol. The molecule has 0 radical (unpaired) electrons. The summed E-state index contributed by atoms with van der Waals surface area (Å²) in [6, 6.07) is 8.95. The zero-order chi connectivity index (χ0) is 12.3. The highest BCUT2D eigenvalue weighted by molar-refractivity contribution is 5.31. The van der Waals surface area contributed by atoms with Gasteiger partial charge in [0.15, 0.2) is 0 Å². The van der Waals surface area contributed by atoms with Crippen LogP contribution >= 0.6 is 0 Å². The molecule has 0 bridgehead atoms. The Morgan fingerprint density at radius 2 is 2.18 bits per heavy atom. The normalized spacial score (nSPS) is 28.3. The SMILES string of the molecule is COc1cccc(C2NNC(C)C2CCN)c1. The van der Waals surface area contributed by atoms with E-state index < -0.39 is 0 Å². The van der Waals surface area contributed by atoms with Gasteiger partial charge in [-0.3, -0.25) is 5.43 Å². The zero-order valence-corrected chi connectivity index (χ0v) is 10.4. The number of benzene rings is 1. The molecule has 4 N–H and O–H groups in total. The van der Waals surface area contributed by atoms with E-state index in [1.165, 1.54) is 5.56 Å². The van der Waals surface area contributed by atoms with Crippen LogP contribution in [0.4, 0.5) is 0 Å². The predicted octanol–water partition coefficient (Wildman–Crippen LogP) is 1.20. The van der Waals surface area contributed by atoms with Gasteiger partial charge in [0, 0.05) is 6.04 Å². The van der Waals surface area contributed by atoms with Crippen molar-refractivity contribution in [3.05, 3.63) is 29.8 Å². The van der Waals surface area contributed by atoms with Gasteiger partial charge >= 0.3 is 0 Å². The molecular weight excluding hydrogens is 214 g/mol. The van der Waals surface area contributed by atoms with Gasteiger partial charge in [0.2, 0.25) is 0 Å². The minimum Gasteiger partial charge on any atom is -0.497 e. The molecule has 94 valence electrons. The second-order valence-corrected chi connectivity index (χ2v) is 4.57. The summed E-state index contributed by atoms with van der Waals surface area (Å²) in [4.78, 5) is 0. The Morgan fingerprint density at radius 1 is 1.35 bits per heavy atom. The molecule has 1 aliphatic heterocycles. The van der Waals surface area contributed by atoms with Gasteiger partial charge in [0.25, 0.3) is 0 Å². The Bertz CT molecular complexity index is 369. The number of rotatable bonds is 4. The lowest BCUT2D eigenvalue weighted by atomic mass is 9.87. The molecule has 1 heterocycles. The largest absolute Gasteiger partial charge is 0.497 e. The monoisotopic (exact) mass is 235 g/mol. The third-order valence-electron chi connectivity index (χ3n) is 3.49. The molecular formula is C13H21N3O. The van der Waals surface area contributed by atoms with Crippen molar-refractivity contribution >= 4 is 0 Å². The Kier molecular flexibility index (Phi) is 3.99. The van der Waals surface area contributed by atoms with E-state index in [0.717, 1.165) is 18.7 Å². The molecule has 4 heteroatoms. The number of ether oxygens (including phenoxy) is 1. The summed E-state index contributed by atoms with van der Waals surface area (Å²) in [6.45, 7) is 2.91. The zero-order valence-electron chi connectivity index (χ0n) is 10.4.